The second kappa shape index (κ2) is 5.55. The van der Waals surface area contributed by atoms with Gasteiger partial charge in [-0.1, -0.05) is 15.9 Å². The molecule has 1 atom stereocenters. The zero-order valence-corrected chi connectivity index (χ0v) is 11.0. The van der Waals surface area contributed by atoms with Gasteiger partial charge in [0.15, 0.2) is 0 Å². The third kappa shape index (κ3) is 2.89. The fraction of sp³-hybridized carbons (Fsp3) is 0.500. The van der Waals surface area contributed by atoms with E-state index in [0.717, 1.165) is 30.5 Å². The molecule has 1 aliphatic heterocycles. The molecule has 16 heavy (non-hydrogen) atoms. The van der Waals surface area contributed by atoms with Gasteiger partial charge in [-0.15, -0.1) is 0 Å². The smallest absolute Gasteiger partial charge is 0.0590 e. The van der Waals surface area contributed by atoms with Crippen molar-refractivity contribution in [3.63, 3.8) is 0 Å². The Balaban J connectivity index is 1.94. The highest BCUT2D eigenvalue weighted by Gasteiger charge is 2.16. The van der Waals surface area contributed by atoms with Crippen LogP contribution in [0.3, 0.4) is 0 Å². The molecule has 1 aromatic carbocycles. The molecular formula is C12H17BrN2O. The van der Waals surface area contributed by atoms with Gasteiger partial charge in [0.1, 0.15) is 0 Å². The Bertz CT molecular complexity index is 357. The molecule has 0 amide bonds. The lowest BCUT2D eigenvalue weighted by atomic mass is 10.1. The summed E-state index contributed by atoms with van der Waals surface area (Å²) in [6.07, 6.45) is 2.23. The lowest BCUT2D eigenvalue weighted by molar-refractivity contribution is 0.191. The van der Waals surface area contributed by atoms with Gasteiger partial charge in [-0.2, -0.15) is 0 Å². The third-order valence-electron chi connectivity index (χ3n) is 2.78. The summed E-state index contributed by atoms with van der Waals surface area (Å²) in [5.74, 6) is 0. The Morgan fingerprint density at radius 3 is 3.12 bits per heavy atom. The molecule has 0 aromatic heterocycles. The van der Waals surface area contributed by atoms with Gasteiger partial charge in [0, 0.05) is 30.8 Å². The van der Waals surface area contributed by atoms with Crippen molar-refractivity contribution in [2.24, 2.45) is 0 Å². The molecule has 0 fully saturated rings. The summed E-state index contributed by atoms with van der Waals surface area (Å²) in [6.45, 7) is 1.82. The summed E-state index contributed by atoms with van der Waals surface area (Å²) in [7, 11) is 1.75. The lowest BCUT2D eigenvalue weighted by Crippen LogP contribution is -2.33. The van der Waals surface area contributed by atoms with Gasteiger partial charge in [-0.25, -0.2) is 0 Å². The first-order chi connectivity index (χ1) is 7.79. The van der Waals surface area contributed by atoms with Crippen LogP contribution >= 0.6 is 15.9 Å². The van der Waals surface area contributed by atoms with E-state index < -0.39 is 0 Å². The van der Waals surface area contributed by atoms with E-state index in [4.69, 9.17) is 4.74 Å². The van der Waals surface area contributed by atoms with E-state index in [2.05, 4.69) is 44.8 Å². The fourth-order valence-electron chi connectivity index (χ4n) is 1.94. The second-order valence-electron chi connectivity index (χ2n) is 4.05. The normalized spacial score (nSPS) is 18.5. The average molecular weight is 285 g/mol. The van der Waals surface area contributed by atoms with E-state index in [1.165, 1.54) is 11.4 Å². The van der Waals surface area contributed by atoms with Crippen LogP contribution in [0.25, 0.3) is 0 Å². The molecule has 1 aromatic rings. The largest absolute Gasteiger partial charge is 0.385 e. The molecule has 2 N–H and O–H groups in total. The number of halogens is 1. The number of hydrogen-bond acceptors (Lipinski definition) is 3. The number of anilines is 2. The Morgan fingerprint density at radius 2 is 2.31 bits per heavy atom. The highest BCUT2D eigenvalue weighted by atomic mass is 79.9. The van der Waals surface area contributed by atoms with Crippen LogP contribution in [0.1, 0.15) is 12.8 Å². The summed E-state index contributed by atoms with van der Waals surface area (Å²) in [5.41, 5.74) is 2.37. The first-order valence-electron chi connectivity index (χ1n) is 5.58. The first-order valence-corrected chi connectivity index (χ1v) is 6.38. The molecule has 0 aliphatic carbocycles. The summed E-state index contributed by atoms with van der Waals surface area (Å²) >= 11 is 3.49. The van der Waals surface area contributed by atoms with Crippen molar-refractivity contribution in [2.45, 2.75) is 18.9 Å². The monoisotopic (exact) mass is 284 g/mol. The van der Waals surface area contributed by atoms with Gasteiger partial charge in [-0.05, 0) is 31.0 Å². The summed E-state index contributed by atoms with van der Waals surface area (Å²) in [5, 5.41) is 6.99. The molecule has 1 aliphatic rings. The van der Waals surface area contributed by atoms with Gasteiger partial charge in [-0.3, -0.25) is 0 Å². The molecule has 2 rings (SSSR count). The maximum Gasteiger partial charge on any atom is 0.0590 e. The SMILES string of the molecule is COCCCC1CNc2ccc(Br)cc2N1. The van der Waals surface area contributed by atoms with Crippen LogP contribution in [0, 0.1) is 0 Å². The van der Waals surface area contributed by atoms with E-state index in [0.29, 0.717) is 6.04 Å². The van der Waals surface area contributed by atoms with Gasteiger partial charge >= 0.3 is 0 Å². The summed E-state index contributed by atoms with van der Waals surface area (Å²) in [6, 6.07) is 6.76. The first kappa shape index (κ1) is 11.7. The van der Waals surface area contributed by atoms with Gasteiger partial charge < -0.3 is 15.4 Å². The van der Waals surface area contributed by atoms with Crippen LogP contribution in [0.4, 0.5) is 11.4 Å². The van der Waals surface area contributed by atoms with Crippen LogP contribution in [0.2, 0.25) is 0 Å². The maximum atomic E-state index is 5.07. The van der Waals surface area contributed by atoms with E-state index in [9.17, 15) is 0 Å². The molecule has 1 unspecified atom stereocenters. The number of rotatable bonds is 4. The number of methoxy groups -OCH3 is 1. The van der Waals surface area contributed by atoms with Crippen molar-refractivity contribution in [1.29, 1.82) is 0 Å². The minimum absolute atomic E-state index is 0.497. The number of hydrogen-bond donors (Lipinski definition) is 2. The van der Waals surface area contributed by atoms with Gasteiger partial charge in [0.2, 0.25) is 0 Å². The molecule has 0 radical (unpaired) electrons. The summed E-state index contributed by atoms with van der Waals surface area (Å²) < 4.78 is 6.18. The van der Waals surface area contributed by atoms with Gasteiger partial charge in [0.05, 0.1) is 11.4 Å². The molecule has 0 bridgehead atoms. The molecular weight excluding hydrogens is 268 g/mol. The molecule has 0 saturated heterocycles. The van der Waals surface area contributed by atoms with E-state index in [1.54, 1.807) is 7.11 Å². The fourth-order valence-corrected chi connectivity index (χ4v) is 2.30. The van der Waals surface area contributed by atoms with Crippen molar-refractivity contribution in [1.82, 2.24) is 0 Å². The van der Waals surface area contributed by atoms with Crippen molar-refractivity contribution in [2.75, 3.05) is 30.9 Å². The van der Waals surface area contributed by atoms with Crippen LogP contribution < -0.4 is 10.6 Å². The standard InChI is InChI=1S/C12H17BrN2O/c1-16-6-2-3-10-8-14-11-5-4-9(13)7-12(11)15-10/h4-5,7,10,14-15H,2-3,6,8H2,1H3. The predicted octanol–water partition coefficient (Wildman–Crippen LogP) is 3.08. The van der Waals surface area contributed by atoms with E-state index in [-0.39, 0.29) is 0 Å². The van der Waals surface area contributed by atoms with Crippen LogP contribution in [0.5, 0.6) is 0 Å². The summed E-state index contributed by atoms with van der Waals surface area (Å²) in [4.78, 5) is 0. The molecule has 4 heteroatoms. The zero-order valence-electron chi connectivity index (χ0n) is 9.42. The predicted molar refractivity (Wildman–Crippen MR) is 71.2 cm³/mol. The number of fused-ring (bicyclic) bond motifs is 1. The number of nitrogens with one attached hydrogen (secondary N) is 2. The molecule has 1 heterocycles. The zero-order chi connectivity index (χ0) is 11.4. The van der Waals surface area contributed by atoms with Crippen LogP contribution in [-0.2, 0) is 4.74 Å². The molecule has 88 valence electrons. The molecule has 0 spiro atoms. The molecule has 3 nitrogen and oxygen atoms in total. The quantitative estimate of drug-likeness (QED) is 0.834. The maximum absolute atomic E-state index is 5.07. The number of ether oxygens (including phenoxy) is 1. The van der Waals surface area contributed by atoms with Crippen molar-refractivity contribution in [3.05, 3.63) is 22.7 Å². The Hall–Kier alpha value is -0.740. The van der Waals surface area contributed by atoms with E-state index >= 15 is 0 Å². The minimum Gasteiger partial charge on any atom is -0.385 e. The topological polar surface area (TPSA) is 33.3 Å². The van der Waals surface area contributed by atoms with E-state index in [1.807, 2.05) is 0 Å². The van der Waals surface area contributed by atoms with Crippen LogP contribution in [0.15, 0.2) is 22.7 Å². The minimum atomic E-state index is 0.497. The average Bonchev–Trinajstić information content (AvgIpc) is 2.29. The number of benzene rings is 1. The van der Waals surface area contributed by atoms with Crippen molar-refractivity contribution in [3.8, 4) is 0 Å². The van der Waals surface area contributed by atoms with Gasteiger partial charge in [0.25, 0.3) is 0 Å². The Labute approximate surface area is 105 Å². The third-order valence-corrected chi connectivity index (χ3v) is 3.27. The lowest BCUT2D eigenvalue weighted by Gasteiger charge is -2.28. The Morgan fingerprint density at radius 1 is 1.44 bits per heavy atom. The van der Waals surface area contributed by atoms with Crippen molar-refractivity contribution >= 4 is 27.3 Å². The van der Waals surface area contributed by atoms with Crippen molar-refractivity contribution < 1.29 is 4.74 Å². The highest BCUT2D eigenvalue weighted by molar-refractivity contribution is 9.10. The Kier molecular flexibility index (Phi) is 4.07. The highest BCUT2D eigenvalue weighted by Crippen LogP contribution is 2.29. The van der Waals surface area contributed by atoms with Crippen LogP contribution in [-0.4, -0.2) is 26.3 Å². The molecule has 0 saturated carbocycles. The second-order valence-corrected chi connectivity index (χ2v) is 4.96.